The lowest BCUT2D eigenvalue weighted by molar-refractivity contribution is 0.170. The van der Waals surface area contributed by atoms with E-state index in [4.69, 9.17) is 16.5 Å². The van der Waals surface area contributed by atoms with Crippen LogP contribution in [0.4, 0.5) is 0 Å². The molecule has 0 spiro atoms. The third kappa shape index (κ3) is 7.10. The molecule has 0 aromatic carbocycles. The first-order valence-electron chi connectivity index (χ1n) is 3.77. The summed E-state index contributed by atoms with van der Waals surface area (Å²) in [5.41, 5.74) is 0. The van der Waals surface area contributed by atoms with Gasteiger partial charge in [-0.05, 0) is 19.1 Å². The minimum Gasteiger partial charge on any atom is -0.362 e. The minimum absolute atomic E-state index is 0.219. The maximum atomic E-state index is 5.53. The maximum Gasteiger partial charge on any atom is 0.0930 e. The largest absolute Gasteiger partial charge is 0.362 e. The normalized spacial score (nSPS) is 15.9. The summed E-state index contributed by atoms with van der Waals surface area (Å²) in [5.74, 6) is 1.29. The van der Waals surface area contributed by atoms with E-state index in [0.29, 0.717) is 0 Å². The Hall–Kier alpha value is 1.66. The summed E-state index contributed by atoms with van der Waals surface area (Å²) in [5, 5.41) is 0. The van der Waals surface area contributed by atoms with Gasteiger partial charge in [0.1, 0.15) is 0 Å². The lowest BCUT2D eigenvalue weighted by atomic mass is 10.6. The van der Waals surface area contributed by atoms with Crippen molar-refractivity contribution >= 4 is 51.5 Å². The molecular formula is C6H15OPS4. The lowest BCUT2D eigenvalue weighted by Crippen LogP contribution is -2.00. The molecule has 0 heterocycles. The van der Waals surface area contributed by atoms with Gasteiger partial charge in [-0.1, -0.05) is 29.1 Å². The number of hydrogen-bond donors (Lipinski definition) is 1. The molecule has 0 aromatic heterocycles. The predicted molar refractivity (Wildman–Crippen MR) is 70.4 cm³/mol. The average Bonchev–Trinajstić information content (AvgIpc) is 2.10. The molecule has 2 unspecified atom stereocenters. The quantitative estimate of drug-likeness (QED) is 0.246. The zero-order chi connectivity index (χ0) is 9.40. The van der Waals surface area contributed by atoms with Crippen molar-refractivity contribution < 1.29 is 4.74 Å². The van der Waals surface area contributed by atoms with Crippen LogP contribution in [0.15, 0.2) is 0 Å². The fourth-order valence-corrected chi connectivity index (χ4v) is 3.88. The Bertz CT molecular complexity index is 133. The van der Waals surface area contributed by atoms with Crippen LogP contribution < -0.4 is 0 Å². The Labute approximate surface area is 93.8 Å². The van der Waals surface area contributed by atoms with Gasteiger partial charge >= 0.3 is 0 Å². The van der Waals surface area contributed by atoms with Crippen molar-refractivity contribution in [3.63, 3.8) is 0 Å². The number of ether oxygens (including phenoxy) is 1. The molecule has 1 nitrogen and oxygen atoms in total. The predicted octanol–water partition coefficient (Wildman–Crippen LogP) is 3.62. The molecule has 0 rings (SSSR count). The molecule has 0 radical (unpaired) electrons. The molecule has 0 bridgehead atoms. The average molecular weight is 262 g/mol. The summed E-state index contributed by atoms with van der Waals surface area (Å²) < 4.78 is 5.53. The summed E-state index contributed by atoms with van der Waals surface area (Å²) in [6.07, 6.45) is 1.20. The Morgan fingerprint density at radius 2 is 2.33 bits per heavy atom. The fourth-order valence-electron chi connectivity index (χ4n) is 0.496. The van der Waals surface area contributed by atoms with E-state index in [1.54, 1.807) is 0 Å². The van der Waals surface area contributed by atoms with Gasteiger partial charge in [0.25, 0.3) is 0 Å². The number of rotatable bonds is 7. The second-order valence-corrected chi connectivity index (χ2v) is 10.5. The lowest BCUT2D eigenvalue weighted by Gasteiger charge is -2.12. The van der Waals surface area contributed by atoms with Crippen LogP contribution in [0.3, 0.4) is 0 Å². The molecule has 0 N–H and O–H groups in total. The van der Waals surface area contributed by atoms with Crippen LogP contribution in [-0.4, -0.2) is 17.5 Å². The van der Waals surface area contributed by atoms with Gasteiger partial charge in [0.05, 0.1) is 11.8 Å². The highest BCUT2D eigenvalue weighted by Crippen LogP contribution is 2.45. The second-order valence-electron chi connectivity index (χ2n) is 2.25. The third-order valence-corrected chi connectivity index (χ3v) is 9.35. The summed E-state index contributed by atoms with van der Waals surface area (Å²) in [6.45, 7) is 4.21. The molecule has 2 atom stereocenters. The van der Waals surface area contributed by atoms with E-state index in [0.717, 1.165) is 5.94 Å². The van der Waals surface area contributed by atoms with Gasteiger partial charge in [0, 0.05) is 5.90 Å². The van der Waals surface area contributed by atoms with Crippen molar-refractivity contribution in [1.82, 2.24) is 0 Å². The first-order valence-corrected chi connectivity index (χ1v) is 10.2. The molecule has 0 aromatic rings. The first-order chi connectivity index (χ1) is 5.72. The maximum absolute atomic E-state index is 5.53. The molecule has 0 aliphatic carbocycles. The van der Waals surface area contributed by atoms with Gasteiger partial charge in [-0.3, -0.25) is 0 Å². The highest BCUT2D eigenvalue weighted by Gasteiger charge is 2.05. The van der Waals surface area contributed by atoms with Gasteiger partial charge in [-0.15, -0.1) is 23.4 Å². The van der Waals surface area contributed by atoms with E-state index in [1.165, 1.54) is 22.6 Å². The van der Waals surface area contributed by atoms with Crippen LogP contribution in [0.5, 0.6) is 0 Å². The van der Waals surface area contributed by atoms with E-state index in [2.05, 4.69) is 18.6 Å². The zero-order valence-corrected chi connectivity index (χ0v) is 11.6. The van der Waals surface area contributed by atoms with Gasteiger partial charge in [0.2, 0.25) is 0 Å². The highest BCUT2D eigenvalue weighted by molar-refractivity contribution is 8.96. The van der Waals surface area contributed by atoms with Crippen molar-refractivity contribution in [3.8, 4) is 0 Å². The summed E-state index contributed by atoms with van der Waals surface area (Å²) in [7, 11) is 1.47. The second kappa shape index (κ2) is 9.22. The van der Waals surface area contributed by atoms with E-state index in [1.807, 2.05) is 18.7 Å². The zero-order valence-electron chi connectivity index (χ0n) is 7.28. The van der Waals surface area contributed by atoms with Crippen LogP contribution in [0.2, 0.25) is 0 Å². The standard InChI is InChI=1S/C6H15OPS4/c1-3-4-11-5-7-6(2)8(9)12-10/h6,8,10H,3-5H2,1-2H3. The molecule has 0 fully saturated rings. The number of hydrogen-bond acceptors (Lipinski definition) is 5. The van der Waals surface area contributed by atoms with Crippen LogP contribution in [-0.2, 0) is 16.5 Å². The first kappa shape index (κ1) is 13.7. The van der Waals surface area contributed by atoms with E-state index >= 15 is 0 Å². The van der Waals surface area contributed by atoms with Crippen molar-refractivity contribution in [2.75, 3.05) is 11.7 Å². The van der Waals surface area contributed by atoms with Gasteiger partial charge in [-0.2, -0.15) is 0 Å². The topological polar surface area (TPSA) is 9.23 Å². The van der Waals surface area contributed by atoms with Crippen LogP contribution >= 0.6 is 39.7 Å². The SMILES string of the molecule is CCCSCOC(C)[PH](=S)SS. The molecule has 0 saturated heterocycles. The van der Waals surface area contributed by atoms with E-state index in [-0.39, 0.29) is 5.85 Å². The molecule has 12 heavy (non-hydrogen) atoms. The fraction of sp³-hybridized carbons (Fsp3) is 1.00. The molecule has 0 amide bonds. The molecule has 0 aliphatic rings. The summed E-state index contributed by atoms with van der Waals surface area (Å²) in [6, 6.07) is 0. The van der Waals surface area contributed by atoms with Gasteiger partial charge in [-0.25, -0.2) is 0 Å². The summed E-state index contributed by atoms with van der Waals surface area (Å²) in [4.78, 5) is 0. The molecule has 0 aliphatic heterocycles. The Kier molecular flexibility index (Phi) is 10.5. The molecule has 0 saturated carbocycles. The Morgan fingerprint density at radius 1 is 1.67 bits per heavy atom. The molecule has 74 valence electrons. The van der Waals surface area contributed by atoms with E-state index < -0.39 is 5.90 Å². The highest BCUT2D eigenvalue weighted by atomic mass is 33.4. The van der Waals surface area contributed by atoms with Crippen molar-refractivity contribution in [2.45, 2.75) is 26.1 Å². The molecular weight excluding hydrogens is 247 g/mol. The van der Waals surface area contributed by atoms with Gasteiger partial charge in [0.15, 0.2) is 0 Å². The third-order valence-electron chi connectivity index (χ3n) is 1.17. The van der Waals surface area contributed by atoms with Crippen LogP contribution in [0.1, 0.15) is 20.3 Å². The van der Waals surface area contributed by atoms with Crippen molar-refractivity contribution in [1.29, 1.82) is 0 Å². The van der Waals surface area contributed by atoms with Crippen molar-refractivity contribution in [2.24, 2.45) is 0 Å². The van der Waals surface area contributed by atoms with Crippen LogP contribution in [0.25, 0.3) is 0 Å². The summed E-state index contributed by atoms with van der Waals surface area (Å²) >= 11 is 11.1. The number of thioether (sulfide) groups is 1. The number of thiol groups is 1. The van der Waals surface area contributed by atoms with E-state index in [9.17, 15) is 0 Å². The van der Waals surface area contributed by atoms with Crippen molar-refractivity contribution in [3.05, 3.63) is 0 Å². The monoisotopic (exact) mass is 262 g/mol. The smallest absolute Gasteiger partial charge is 0.0930 e. The Morgan fingerprint density at radius 3 is 2.83 bits per heavy atom. The molecule has 6 heteroatoms. The van der Waals surface area contributed by atoms with Gasteiger partial charge < -0.3 is 4.74 Å². The minimum atomic E-state index is -0.865. The van der Waals surface area contributed by atoms with Crippen LogP contribution in [0, 0.1) is 0 Å². The Balaban J connectivity index is 3.31.